The minimum Gasteiger partial charge on any atom is -1.00 e. The second-order valence-electron chi connectivity index (χ2n) is 7.17. The van der Waals surface area contributed by atoms with Crippen LogP contribution in [0, 0.1) is 5.92 Å². The Morgan fingerprint density at radius 1 is 1.28 bits per heavy atom. The number of fused-ring (bicyclic) bond motifs is 1. The summed E-state index contributed by atoms with van der Waals surface area (Å²) in [6, 6.07) is 4.18. The maximum absolute atomic E-state index is 12.6. The third kappa shape index (κ3) is 2.36. The number of hydrogen-bond acceptors (Lipinski definition) is 5. The van der Waals surface area contributed by atoms with Crippen molar-refractivity contribution in [3.8, 4) is 11.5 Å². The van der Waals surface area contributed by atoms with Gasteiger partial charge in [0, 0.05) is 29.4 Å². The van der Waals surface area contributed by atoms with Crippen LogP contribution in [0.5, 0.6) is 11.5 Å². The Bertz CT molecular complexity index is 747. The topological polar surface area (TPSA) is 59.0 Å². The van der Waals surface area contributed by atoms with Crippen molar-refractivity contribution >= 4 is 5.78 Å². The number of methoxy groups -OCH3 is 2. The van der Waals surface area contributed by atoms with E-state index in [0.29, 0.717) is 24.0 Å². The largest absolute Gasteiger partial charge is 1.00 e. The fourth-order valence-corrected chi connectivity index (χ4v) is 5.03. The van der Waals surface area contributed by atoms with Crippen molar-refractivity contribution < 1.29 is 31.8 Å². The van der Waals surface area contributed by atoms with Gasteiger partial charge in [0.25, 0.3) is 0 Å². The number of likely N-dealkylation sites (tertiary alicyclic amines) is 1. The van der Waals surface area contributed by atoms with Crippen LogP contribution in [-0.2, 0) is 21.4 Å². The third-order valence-electron chi connectivity index (χ3n) is 6.21. The van der Waals surface area contributed by atoms with Gasteiger partial charge in [-0.25, -0.2) is 0 Å². The van der Waals surface area contributed by atoms with Gasteiger partial charge in [-0.15, -0.1) is 0 Å². The van der Waals surface area contributed by atoms with Crippen LogP contribution in [-0.4, -0.2) is 49.6 Å². The van der Waals surface area contributed by atoms with Crippen LogP contribution in [0.3, 0.4) is 0 Å². The lowest BCUT2D eigenvalue weighted by atomic mass is 9.53. The highest BCUT2D eigenvalue weighted by Gasteiger charge is 2.56. The molecule has 0 radical (unpaired) electrons. The van der Waals surface area contributed by atoms with Crippen molar-refractivity contribution in [2.45, 2.75) is 30.7 Å². The summed E-state index contributed by atoms with van der Waals surface area (Å²) in [4.78, 5) is 15.0. The molecular formula is C19H23ClNO4-. The molecule has 1 fully saturated rings. The van der Waals surface area contributed by atoms with Gasteiger partial charge in [-0.05, 0) is 44.1 Å². The molecule has 5 nitrogen and oxygen atoms in total. The monoisotopic (exact) mass is 364 g/mol. The lowest BCUT2D eigenvalue weighted by Crippen LogP contribution is -3.00. The van der Waals surface area contributed by atoms with Crippen molar-refractivity contribution in [3.63, 3.8) is 0 Å². The van der Waals surface area contributed by atoms with Gasteiger partial charge in [0.1, 0.15) is 0 Å². The number of phenols is 1. The fraction of sp³-hybridized carbons (Fsp3) is 0.526. The van der Waals surface area contributed by atoms with E-state index in [9.17, 15) is 9.90 Å². The predicted octanol–water partition coefficient (Wildman–Crippen LogP) is -0.978. The molecule has 0 spiro atoms. The number of rotatable bonds is 2. The van der Waals surface area contributed by atoms with Gasteiger partial charge in [-0.3, -0.25) is 4.79 Å². The van der Waals surface area contributed by atoms with Gasteiger partial charge in [-0.1, -0.05) is 6.07 Å². The highest BCUT2D eigenvalue weighted by Crippen LogP contribution is 2.57. The Morgan fingerprint density at radius 2 is 2.04 bits per heavy atom. The Hall–Kier alpha value is -1.72. The number of piperidine rings is 1. The van der Waals surface area contributed by atoms with E-state index < -0.39 is 0 Å². The molecule has 1 heterocycles. The van der Waals surface area contributed by atoms with Crippen LogP contribution in [0.15, 0.2) is 24.0 Å². The zero-order valence-corrected chi connectivity index (χ0v) is 15.5. The Labute approximate surface area is 154 Å². The highest BCUT2D eigenvalue weighted by atomic mass is 35.5. The molecule has 0 amide bonds. The first-order chi connectivity index (χ1) is 11.5. The van der Waals surface area contributed by atoms with E-state index in [0.717, 1.165) is 30.5 Å². The molecule has 1 aromatic rings. The first-order valence-corrected chi connectivity index (χ1v) is 8.40. The second-order valence-corrected chi connectivity index (χ2v) is 7.17. The van der Waals surface area contributed by atoms with Gasteiger partial charge in [-0.2, -0.15) is 0 Å². The summed E-state index contributed by atoms with van der Waals surface area (Å²) in [5.74, 6) is 1.32. The summed E-state index contributed by atoms with van der Waals surface area (Å²) < 4.78 is 10.6. The smallest absolute Gasteiger partial charge is 0.197 e. The first kappa shape index (κ1) is 18.1. The van der Waals surface area contributed by atoms with Crippen LogP contribution in [0.4, 0.5) is 0 Å². The van der Waals surface area contributed by atoms with Crippen molar-refractivity contribution in [2.24, 2.45) is 5.92 Å². The Balaban J connectivity index is 0.00000182. The number of nitrogens with zero attached hydrogens (tertiary/aromatic N) is 1. The first-order valence-electron chi connectivity index (χ1n) is 8.40. The normalized spacial score (nSPS) is 30.5. The summed E-state index contributed by atoms with van der Waals surface area (Å²) in [6.45, 7) is 0.917. The van der Waals surface area contributed by atoms with Crippen molar-refractivity contribution in [1.29, 1.82) is 0 Å². The molecule has 2 bridgehead atoms. The van der Waals surface area contributed by atoms with Crippen LogP contribution in [0.1, 0.15) is 24.0 Å². The number of likely N-dealkylation sites (N-methyl/N-ethyl adjacent to an activating group) is 1. The molecule has 0 saturated carbocycles. The molecule has 3 aliphatic rings. The number of benzene rings is 1. The molecule has 1 aliphatic heterocycles. The number of carbonyl (C=O) groups is 1. The van der Waals surface area contributed by atoms with Gasteiger partial charge in [0.15, 0.2) is 23.0 Å². The van der Waals surface area contributed by atoms with E-state index in [-0.39, 0.29) is 35.3 Å². The van der Waals surface area contributed by atoms with Gasteiger partial charge < -0.3 is 31.9 Å². The lowest BCUT2D eigenvalue weighted by Gasteiger charge is -2.56. The molecule has 3 atom stereocenters. The lowest BCUT2D eigenvalue weighted by molar-refractivity contribution is -0.122. The van der Waals surface area contributed by atoms with E-state index in [1.165, 1.54) is 0 Å². The summed E-state index contributed by atoms with van der Waals surface area (Å²) >= 11 is 0. The zero-order valence-electron chi connectivity index (χ0n) is 14.7. The number of ketones is 1. The third-order valence-corrected chi connectivity index (χ3v) is 6.21. The molecule has 6 heteroatoms. The van der Waals surface area contributed by atoms with E-state index >= 15 is 0 Å². The molecule has 0 unspecified atom stereocenters. The van der Waals surface area contributed by atoms with E-state index in [1.54, 1.807) is 14.2 Å². The zero-order chi connectivity index (χ0) is 17.1. The SMILES string of the molecule is COC1=C[C@@H]2[C@@H]3Cc4ccc(OC)c(O)c4[C@]2(CCN3C)CC1=O.[Cl-]. The summed E-state index contributed by atoms with van der Waals surface area (Å²) in [5, 5.41) is 10.9. The van der Waals surface area contributed by atoms with Crippen LogP contribution < -0.4 is 17.1 Å². The minimum atomic E-state index is -0.359. The Kier molecular flexibility index (Phi) is 4.50. The van der Waals surface area contributed by atoms with Crippen LogP contribution in [0.2, 0.25) is 0 Å². The fourth-order valence-electron chi connectivity index (χ4n) is 5.03. The number of halogens is 1. The number of aromatic hydroxyl groups is 1. The molecule has 4 rings (SSSR count). The number of hydrogen-bond donors (Lipinski definition) is 1. The number of allylic oxidation sites excluding steroid dienone is 1. The van der Waals surface area contributed by atoms with Gasteiger partial charge >= 0.3 is 0 Å². The molecule has 0 aromatic heterocycles. The maximum Gasteiger partial charge on any atom is 0.197 e. The van der Waals surface area contributed by atoms with E-state index in [4.69, 9.17) is 9.47 Å². The van der Waals surface area contributed by atoms with Crippen molar-refractivity contribution in [3.05, 3.63) is 35.1 Å². The quantitative estimate of drug-likeness (QED) is 0.731. The summed E-state index contributed by atoms with van der Waals surface area (Å²) in [7, 11) is 5.25. The number of ether oxygens (including phenoxy) is 2. The molecule has 25 heavy (non-hydrogen) atoms. The van der Waals surface area contributed by atoms with Gasteiger partial charge in [0.05, 0.1) is 14.2 Å². The number of carbonyl (C=O) groups excluding carboxylic acids is 1. The van der Waals surface area contributed by atoms with Crippen LogP contribution >= 0.6 is 0 Å². The molecule has 1 N–H and O–H groups in total. The average Bonchev–Trinajstić information content (AvgIpc) is 2.57. The predicted molar refractivity (Wildman–Crippen MR) is 89.3 cm³/mol. The van der Waals surface area contributed by atoms with E-state index in [1.807, 2.05) is 18.2 Å². The highest BCUT2D eigenvalue weighted by molar-refractivity contribution is 5.96. The summed E-state index contributed by atoms with van der Waals surface area (Å²) in [5.41, 5.74) is 1.68. The number of phenolic OH excluding ortho intramolecular Hbond substituents is 1. The van der Waals surface area contributed by atoms with Crippen LogP contribution in [0.25, 0.3) is 0 Å². The van der Waals surface area contributed by atoms with E-state index in [2.05, 4.69) is 11.9 Å². The molecule has 136 valence electrons. The summed E-state index contributed by atoms with van der Waals surface area (Å²) in [6.07, 6.45) is 4.08. The minimum absolute atomic E-state index is 0. The molecule has 1 aromatic carbocycles. The standard InChI is InChI=1S/C19H23NO4.ClH/c1-20-7-6-19-10-14(21)16(24-3)9-12(19)13(20)8-11-4-5-15(23-2)18(22)17(11)19;/h4-5,9,12-13,22H,6-8,10H2,1-3H3;1H/p-1/t12-,13+,19-;/m1./s1. The van der Waals surface area contributed by atoms with Crippen molar-refractivity contribution in [2.75, 3.05) is 27.8 Å². The molecular weight excluding hydrogens is 342 g/mol. The van der Waals surface area contributed by atoms with Gasteiger partial charge in [0.2, 0.25) is 0 Å². The van der Waals surface area contributed by atoms with Crippen molar-refractivity contribution in [1.82, 2.24) is 4.90 Å². The Morgan fingerprint density at radius 3 is 2.72 bits per heavy atom. The molecule has 1 saturated heterocycles. The molecule has 2 aliphatic carbocycles. The second kappa shape index (κ2) is 6.22. The number of Topliss-reactive ketones (excluding diaryl/α,β-unsaturated/α-hetero) is 1. The maximum atomic E-state index is 12.6. The average molecular weight is 365 g/mol.